The van der Waals surface area contributed by atoms with Crippen molar-refractivity contribution >= 4 is 22.9 Å². The van der Waals surface area contributed by atoms with E-state index in [1.54, 1.807) is 0 Å². The van der Waals surface area contributed by atoms with E-state index in [-0.39, 0.29) is 12.6 Å². The Morgan fingerprint density at radius 2 is 2.22 bits per heavy atom. The van der Waals surface area contributed by atoms with Crippen LogP contribution in [0.4, 0.5) is 4.79 Å². The highest BCUT2D eigenvalue weighted by Gasteiger charge is 1.93. The molecule has 5 heteroatoms. The van der Waals surface area contributed by atoms with Gasteiger partial charge >= 0.3 is 5.43 Å². The summed E-state index contributed by atoms with van der Waals surface area (Å²) in [6.45, 7) is 1.14. The topological polar surface area (TPSA) is 55.4 Å². The summed E-state index contributed by atoms with van der Waals surface area (Å²) >= 11 is 4.75. The molecule has 0 aromatic carbocycles. The average molecular weight is 152 g/mol. The van der Waals surface area contributed by atoms with Gasteiger partial charge in [-0.25, -0.2) is 4.79 Å². The van der Waals surface area contributed by atoms with Gasteiger partial charge in [-0.05, 0) is 0 Å². The van der Waals surface area contributed by atoms with Crippen LogP contribution >= 0.6 is 11.6 Å². The second-order valence-electron chi connectivity index (χ2n) is 1.26. The van der Waals surface area contributed by atoms with Crippen molar-refractivity contribution in [1.29, 1.82) is 0 Å². The van der Waals surface area contributed by atoms with Gasteiger partial charge in [0.15, 0.2) is 6.73 Å². The monoisotopic (exact) mass is 151 g/mol. The van der Waals surface area contributed by atoms with Crippen LogP contribution < -0.4 is 5.32 Å². The van der Waals surface area contributed by atoms with E-state index in [2.05, 4.69) is 10.1 Å². The Kier molecular flexibility index (Phi) is 3.79. The number of hydrogen-bond acceptors (Lipinski definition) is 3. The Labute approximate surface area is 57.1 Å². The van der Waals surface area contributed by atoms with Crippen LogP contribution in [-0.4, -0.2) is 18.1 Å². The SMILES string of the molecule is CC(=O)NCOC(=O)Cl. The summed E-state index contributed by atoms with van der Waals surface area (Å²) in [4.78, 5) is 19.9. The maximum atomic E-state index is 10.1. The lowest BCUT2D eigenvalue weighted by atomic mass is 10.7. The quantitative estimate of drug-likeness (QED) is 0.461. The van der Waals surface area contributed by atoms with Crippen LogP contribution in [0.25, 0.3) is 0 Å². The third-order valence-corrected chi connectivity index (χ3v) is 0.616. The Balaban J connectivity index is 3.10. The first-order valence-electron chi connectivity index (χ1n) is 2.19. The molecule has 52 valence electrons. The van der Waals surface area contributed by atoms with E-state index < -0.39 is 5.43 Å². The predicted octanol–water partition coefficient (Wildman–Crippen LogP) is 0.455. The molecular weight excluding hydrogens is 146 g/mol. The molecule has 4 nitrogen and oxygen atoms in total. The number of ether oxygens (including phenoxy) is 1. The minimum Gasteiger partial charge on any atom is -0.432 e. The fraction of sp³-hybridized carbons (Fsp3) is 0.500. The van der Waals surface area contributed by atoms with Gasteiger partial charge in [-0.3, -0.25) is 4.79 Å². The van der Waals surface area contributed by atoms with Gasteiger partial charge in [-0.15, -0.1) is 0 Å². The Morgan fingerprint density at radius 3 is 2.56 bits per heavy atom. The van der Waals surface area contributed by atoms with Gasteiger partial charge in [0.05, 0.1) is 0 Å². The molecule has 9 heavy (non-hydrogen) atoms. The molecule has 0 unspecified atom stereocenters. The highest BCUT2D eigenvalue weighted by Crippen LogP contribution is 1.82. The van der Waals surface area contributed by atoms with Gasteiger partial charge in [-0.1, -0.05) is 0 Å². The van der Waals surface area contributed by atoms with E-state index in [1.165, 1.54) is 6.92 Å². The number of hydrogen-bond donors (Lipinski definition) is 1. The smallest absolute Gasteiger partial charge is 0.405 e. The molecule has 0 atom stereocenters. The summed E-state index contributed by atoms with van der Waals surface area (Å²) in [5.41, 5.74) is -0.927. The van der Waals surface area contributed by atoms with Crippen LogP contribution in [0.15, 0.2) is 0 Å². The summed E-state index contributed by atoms with van der Waals surface area (Å²) < 4.78 is 4.15. The predicted molar refractivity (Wildman–Crippen MR) is 31.0 cm³/mol. The van der Waals surface area contributed by atoms with E-state index in [1.807, 2.05) is 0 Å². The number of rotatable bonds is 2. The molecule has 0 aromatic heterocycles. The average Bonchev–Trinajstić information content (AvgIpc) is 1.63. The lowest BCUT2D eigenvalue weighted by Gasteiger charge is -1.98. The van der Waals surface area contributed by atoms with Gasteiger partial charge in [0, 0.05) is 18.5 Å². The second-order valence-corrected chi connectivity index (χ2v) is 1.57. The highest BCUT2D eigenvalue weighted by atomic mass is 35.5. The van der Waals surface area contributed by atoms with Crippen molar-refractivity contribution < 1.29 is 14.3 Å². The van der Waals surface area contributed by atoms with Gasteiger partial charge in [-0.2, -0.15) is 0 Å². The molecule has 0 heterocycles. The zero-order valence-electron chi connectivity index (χ0n) is 4.81. The zero-order valence-corrected chi connectivity index (χ0v) is 5.57. The molecule has 0 radical (unpaired) electrons. The number of carbonyl (C=O) groups is 2. The summed E-state index contributed by atoms with van der Waals surface area (Å²) in [7, 11) is 0. The molecule has 0 aliphatic heterocycles. The van der Waals surface area contributed by atoms with Gasteiger partial charge < -0.3 is 10.1 Å². The van der Waals surface area contributed by atoms with E-state index >= 15 is 0 Å². The molecule has 0 spiro atoms. The van der Waals surface area contributed by atoms with Crippen molar-refractivity contribution in [1.82, 2.24) is 5.32 Å². The maximum Gasteiger partial charge on any atom is 0.405 e. The molecule has 0 rings (SSSR count). The van der Waals surface area contributed by atoms with E-state index in [0.717, 1.165) is 0 Å². The first-order chi connectivity index (χ1) is 4.13. The Morgan fingerprint density at radius 1 is 1.67 bits per heavy atom. The number of nitrogens with one attached hydrogen (secondary N) is 1. The highest BCUT2D eigenvalue weighted by molar-refractivity contribution is 6.61. The third-order valence-electron chi connectivity index (χ3n) is 0.507. The summed E-state index contributed by atoms with van der Waals surface area (Å²) in [5.74, 6) is -0.270. The molecule has 0 fully saturated rings. The molecule has 1 amide bonds. The van der Waals surface area contributed by atoms with Crippen molar-refractivity contribution in [3.63, 3.8) is 0 Å². The molecular formula is C4H6ClNO3. The fourth-order valence-corrected chi connectivity index (χ4v) is 0.249. The Hall–Kier alpha value is -0.770. The summed E-state index contributed by atoms with van der Waals surface area (Å²) in [5, 5.41) is 2.21. The third kappa shape index (κ3) is 7.23. The zero-order chi connectivity index (χ0) is 7.28. The molecule has 0 saturated heterocycles. The minimum absolute atomic E-state index is 0.169. The molecule has 1 N–H and O–H groups in total. The van der Waals surface area contributed by atoms with Gasteiger partial charge in [0.1, 0.15) is 0 Å². The van der Waals surface area contributed by atoms with Crippen LogP contribution in [-0.2, 0) is 9.53 Å². The van der Waals surface area contributed by atoms with Crippen molar-refractivity contribution in [2.24, 2.45) is 0 Å². The summed E-state index contributed by atoms with van der Waals surface area (Å²) in [6, 6.07) is 0. The number of carbonyl (C=O) groups excluding carboxylic acids is 2. The molecule has 0 saturated carbocycles. The van der Waals surface area contributed by atoms with Gasteiger partial charge in [0.25, 0.3) is 0 Å². The second kappa shape index (κ2) is 4.14. The number of halogens is 1. The van der Waals surface area contributed by atoms with E-state index in [4.69, 9.17) is 11.6 Å². The Bertz CT molecular complexity index is 111. The summed E-state index contributed by atoms with van der Waals surface area (Å²) in [6.07, 6.45) is 0. The normalized spacial score (nSPS) is 8.22. The van der Waals surface area contributed by atoms with E-state index in [0.29, 0.717) is 0 Å². The maximum absolute atomic E-state index is 10.1. The van der Waals surface area contributed by atoms with Gasteiger partial charge in [0.2, 0.25) is 5.91 Å². The first-order valence-corrected chi connectivity index (χ1v) is 2.57. The van der Waals surface area contributed by atoms with Crippen molar-refractivity contribution in [3.05, 3.63) is 0 Å². The number of amides is 1. The van der Waals surface area contributed by atoms with Crippen molar-refractivity contribution in [2.75, 3.05) is 6.73 Å². The fourth-order valence-electron chi connectivity index (χ4n) is 0.194. The minimum atomic E-state index is -0.927. The standard InChI is InChI=1S/C4H6ClNO3/c1-3(7)6-2-9-4(5)8/h2H2,1H3,(H,6,7). The molecule has 0 aromatic rings. The van der Waals surface area contributed by atoms with Crippen molar-refractivity contribution in [2.45, 2.75) is 6.92 Å². The van der Waals surface area contributed by atoms with Crippen LogP contribution in [0, 0.1) is 0 Å². The van der Waals surface area contributed by atoms with Crippen molar-refractivity contribution in [3.8, 4) is 0 Å². The molecule has 0 aliphatic carbocycles. The van der Waals surface area contributed by atoms with E-state index in [9.17, 15) is 9.59 Å². The van der Waals surface area contributed by atoms with Crippen LogP contribution in [0.1, 0.15) is 6.92 Å². The largest absolute Gasteiger partial charge is 0.432 e. The lowest BCUT2D eigenvalue weighted by Crippen LogP contribution is -2.23. The first kappa shape index (κ1) is 8.23. The van der Waals surface area contributed by atoms with Crippen LogP contribution in [0.3, 0.4) is 0 Å². The van der Waals surface area contributed by atoms with Crippen LogP contribution in [0.5, 0.6) is 0 Å². The lowest BCUT2D eigenvalue weighted by molar-refractivity contribution is -0.119. The van der Waals surface area contributed by atoms with Crippen LogP contribution in [0.2, 0.25) is 0 Å². The molecule has 0 bridgehead atoms. The molecule has 0 aliphatic rings.